The summed E-state index contributed by atoms with van der Waals surface area (Å²) in [5.74, 6) is 0.156. The van der Waals surface area contributed by atoms with Gasteiger partial charge in [0.15, 0.2) is 9.47 Å². The molecule has 10 heteroatoms. The molecule has 0 radical (unpaired) electrons. The van der Waals surface area contributed by atoms with E-state index in [0.29, 0.717) is 4.34 Å². The number of fused-ring (bicyclic) bond motifs is 1. The molecule has 112 valence electrons. The Morgan fingerprint density at radius 1 is 1.36 bits per heavy atom. The molecule has 2 heterocycles. The number of carbonyl (C=O) groups is 1. The Bertz CT molecular complexity index is 824. The number of carbonyl (C=O) groups excluding carboxylic acids is 1. The fourth-order valence-corrected chi connectivity index (χ4v) is 3.94. The fraction of sp³-hybridized carbons (Fsp3) is 0.0833. The van der Waals surface area contributed by atoms with Crippen molar-refractivity contribution >= 4 is 60.8 Å². The minimum Gasteiger partial charge on any atom is -0.398 e. The molecule has 0 aliphatic heterocycles. The van der Waals surface area contributed by atoms with Gasteiger partial charge in [0, 0.05) is 11.5 Å². The first-order valence-electron chi connectivity index (χ1n) is 5.96. The highest BCUT2D eigenvalue weighted by Crippen LogP contribution is 2.30. The average Bonchev–Trinajstić information content (AvgIpc) is 3.10. The van der Waals surface area contributed by atoms with Gasteiger partial charge in [0.2, 0.25) is 11.5 Å². The van der Waals surface area contributed by atoms with E-state index in [4.69, 9.17) is 10.6 Å². The number of oxime groups is 1. The summed E-state index contributed by atoms with van der Waals surface area (Å²) in [6.45, 7) is 0. The Morgan fingerprint density at radius 3 is 2.86 bits per heavy atom. The first-order valence-corrected chi connectivity index (χ1v) is 8.36. The van der Waals surface area contributed by atoms with Gasteiger partial charge in [0.1, 0.15) is 7.11 Å². The number of benzene rings is 1. The molecule has 0 aliphatic carbocycles. The molecule has 1 aromatic carbocycles. The Labute approximate surface area is 137 Å². The summed E-state index contributed by atoms with van der Waals surface area (Å²) in [7, 11) is 1.35. The number of rotatable bonds is 4. The van der Waals surface area contributed by atoms with E-state index < -0.39 is 0 Å². The number of hydrogen-bond acceptors (Lipinski definition) is 10. The van der Waals surface area contributed by atoms with Crippen molar-refractivity contribution in [1.29, 1.82) is 0 Å². The van der Waals surface area contributed by atoms with Crippen LogP contribution in [-0.4, -0.2) is 32.3 Å². The lowest BCUT2D eigenvalue weighted by atomic mass is 10.3. The SMILES string of the molecule is CON=C(C(=O)Sc1nc2ccccc2s1)c1nsc(N)n1. The van der Waals surface area contributed by atoms with Crippen molar-refractivity contribution < 1.29 is 9.63 Å². The van der Waals surface area contributed by atoms with Crippen LogP contribution in [0.2, 0.25) is 0 Å². The monoisotopic (exact) mass is 351 g/mol. The van der Waals surface area contributed by atoms with Gasteiger partial charge in [-0.2, -0.15) is 9.36 Å². The third-order valence-electron chi connectivity index (χ3n) is 2.48. The first-order chi connectivity index (χ1) is 10.7. The van der Waals surface area contributed by atoms with E-state index in [2.05, 4.69) is 19.5 Å². The number of nitrogens with two attached hydrogens (primary N) is 1. The van der Waals surface area contributed by atoms with E-state index in [1.807, 2.05) is 24.3 Å². The molecule has 0 amide bonds. The number of hydrogen-bond donors (Lipinski definition) is 1. The van der Waals surface area contributed by atoms with Crippen LogP contribution in [0.5, 0.6) is 0 Å². The second-order valence-electron chi connectivity index (χ2n) is 3.92. The maximum Gasteiger partial charge on any atom is 0.252 e. The Kier molecular flexibility index (Phi) is 4.32. The molecule has 0 spiro atoms. The van der Waals surface area contributed by atoms with Crippen LogP contribution < -0.4 is 5.73 Å². The molecule has 0 saturated carbocycles. The van der Waals surface area contributed by atoms with Gasteiger partial charge in [-0.25, -0.2) is 4.98 Å². The van der Waals surface area contributed by atoms with Crippen LogP contribution in [0.3, 0.4) is 0 Å². The summed E-state index contributed by atoms with van der Waals surface area (Å²) in [6, 6.07) is 7.68. The molecule has 3 rings (SSSR count). The summed E-state index contributed by atoms with van der Waals surface area (Å²) in [5.41, 5.74) is 6.40. The molecule has 22 heavy (non-hydrogen) atoms. The molecule has 3 aromatic rings. The molecular weight excluding hydrogens is 342 g/mol. The normalized spacial score (nSPS) is 11.8. The highest BCUT2D eigenvalue weighted by atomic mass is 32.2. The Hall–Kier alpha value is -2.04. The van der Waals surface area contributed by atoms with Crippen molar-refractivity contribution in [1.82, 2.24) is 14.3 Å². The molecule has 0 fully saturated rings. The van der Waals surface area contributed by atoms with E-state index in [0.717, 1.165) is 33.5 Å². The molecule has 0 aliphatic rings. The predicted molar refractivity (Wildman–Crippen MR) is 88.4 cm³/mol. The lowest BCUT2D eigenvalue weighted by molar-refractivity contribution is -0.105. The van der Waals surface area contributed by atoms with Gasteiger partial charge in [-0.1, -0.05) is 17.3 Å². The Balaban J connectivity index is 1.86. The average molecular weight is 351 g/mol. The number of aromatic nitrogens is 3. The van der Waals surface area contributed by atoms with Crippen LogP contribution in [0.4, 0.5) is 5.13 Å². The van der Waals surface area contributed by atoms with E-state index in [9.17, 15) is 4.79 Å². The zero-order valence-corrected chi connectivity index (χ0v) is 13.7. The molecular formula is C12H9N5O2S3. The molecule has 2 N–H and O–H groups in total. The molecule has 2 aromatic heterocycles. The van der Waals surface area contributed by atoms with Crippen LogP contribution >= 0.6 is 34.6 Å². The molecule has 7 nitrogen and oxygen atoms in total. The fourth-order valence-electron chi connectivity index (χ4n) is 1.61. The summed E-state index contributed by atoms with van der Waals surface area (Å²) in [5, 5.41) is 3.62. The van der Waals surface area contributed by atoms with E-state index in [1.54, 1.807) is 0 Å². The van der Waals surface area contributed by atoms with Crippen LogP contribution in [0.25, 0.3) is 10.2 Å². The standard InChI is InChI=1S/C12H9N5O2S3/c1-19-16-8(9-15-11(13)22-17-9)10(18)21-12-14-6-4-2-3-5-7(6)20-12/h2-5H,1H3,(H2,13,15,17). The number of thiazole rings is 1. The quantitative estimate of drug-likeness (QED) is 0.437. The lowest BCUT2D eigenvalue weighted by Gasteiger charge is -1.98. The zero-order chi connectivity index (χ0) is 15.5. The van der Waals surface area contributed by atoms with Crippen molar-refractivity contribution in [2.24, 2.45) is 5.16 Å². The van der Waals surface area contributed by atoms with Gasteiger partial charge in [-0.15, -0.1) is 11.3 Å². The number of thioether (sulfide) groups is 1. The van der Waals surface area contributed by atoms with Crippen LogP contribution in [-0.2, 0) is 9.63 Å². The summed E-state index contributed by atoms with van der Waals surface area (Å²) < 4.78 is 5.62. The molecule has 0 saturated heterocycles. The molecule has 0 unspecified atom stereocenters. The maximum atomic E-state index is 12.4. The summed E-state index contributed by atoms with van der Waals surface area (Å²) in [6.07, 6.45) is 0. The van der Waals surface area contributed by atoms with E-state index in [1.165, 1.54) is 18.4 Å². The van der Waals surface area contributed by atoms with Crippen molar-refractivity contribution in [3.8, 4) is 0 Å². The van der Waals surface area contributed by atoms with Gasteiger partial charge < -0.3 is 10.6 Å². The van der Waals surface area contributed by atoms with Gasteiger partial charge in [-0.05, 0) is 23.9 Å². The Morgan fingerprint density at radius 2 is 2.18 bits per heavy atom. The van der Waals surface area contributed by atoms with Crippen LogP contribution in [0.1, 0.15) is 5.82 Å². The highest BCUT2D eigenvalue weighted by molar-refractivity contribution is 8.16. The van der Waals surface area contributed by atoms with Crippen molar-refractivity contribution in [2.75, 3.05) is 12.8 Å². The van der Waals surface area contributed by atoms with Gasteiger partial charge in [-0.3, -0.25) is 4.79 Å². The number of nitrogen functional groups attached to an aromatic ring is 1. The second kappa shape index (κ2) is 6.38. The minimum atomic E-state index is -0.348. The smallest absolute Gasteiger partial charge is 0.252 e. The third kappa shape index (κ3) is 3.08. The van der Waals surface area contributed by atoms with Gasteiger partial charge >= 0.3 is 0 Å². The summed E-state index contributed by atoms with van der Waals surface area (Å²) in [4.78, 5) is 25.5. The molecule has 0 bridgehead atoms. The van der Waals surface area contributed by atoms with Crippen molar-refractivity contribution in [3.05, 3.63) is 30.1 Å². The lowest BCUT2D eigenvalue weighted by Crippen LogP contribution is -2.14. The maximum absolute atomic E-state index is 12.4. The molecule has 0 atom stereocenters. The third-order valence-corrected chi connectivity index (χ3v) is 5.00. The highest BCUT2D eigenvalue weighted by Gasteiger charge is 2.22. The summed E-state index contributed by atoms with van der Waals surface area (Å²) >= 11 is 3.39. The largest absolute Gasteiger partial charge is 0.398 e. The van der Waals surface area contributed by atoms with Gasteiger partial charge in [0.25, 0.3) is 5.12 Å². The number of nitrogens with zero attached hydrogens (tertiary/aromatic N) is 4. The van der Waals surface area contributed by atoms with E-state index in [-0.39, 0.29) is 21.8 Å². The first kappa shape index (κ1) is 14.9. The van der Waals surface area contributed by atoms with Crippen LogP contribution in [0, 0.1) is 0 Å². The van der Waals surface area contributed by atoms with Crippen molar-refractivity contribution in [3.63, 3.8) is 0 Å². The van der Waals surface area contributed by atoms with Gasteiger partial charge in [0.05, 0.1) is 10.2 Å². The van der Waals surface area contributed by atoms with Crippen LogP contribution in [0.15, 0.2) is 33.8 Å². The minimum absolute atomic E-state index is 0.0136. The van der Waals surface area contributed by atoms with E-state index >= 15 is 0 Å². The predicted octanol–water partition coefficient (Wildman–Crippen LogP) is 2.40. The number of para-hydroxylation sites is 1. The second-order valence-corrected chi connectivity index (χ2v) is 6.95. The number of anilines is 1. The zero-order valence-electron chi connectivity index (χ0n) is 11.2. The van der Waals surface area contributed by atoms with Crippen molar-refractivity contribution in [2.45, 2.75) is 4.34 Å². The topological polar surface area (TPSA) is 103 Å².